The molecular formula is C25H26N4O5S. The number of hydrogen-bond donors (Lipinski definition) is 3. The average Bonchev–Trinajstić information content (AvgIpc) is 3.39. The lowest BCUT2D eigenvalue weighted by atomic mass is 10.0. The molecule has 4 rings (SSSR count). The van der Waals surface area contributed by atoms with Crippen LogP contribution in [-0.2, 0) is 32.6 Å². The lowest BCUT2D eigenvalue weighted by molar-refractivity contribution is -0.125. The first-order chi connectivity index (χ1) is 16.9. The molecule has 3 aromatic rings. The number of rotatable bonds is 8. The topological polar surface area (TPSA) is 121 Å². The van der Waals surface area contributed by atoms with E-state index >= 15 is 0 Å². The summed E-state index contributed by atoms with van der Waals surface area (Å²) in [7, 11) is -3.70. The largest absolute Gasteiger partial charge is 0.468 e. The highest BCUT2D eigenvalue weighted by Gasteiger charge is 2.18. The zero-order valence-corrected chi connectivity index (χ0v) is 19.8. The van der Waals surface area contributed by atoms with Crippen LogP contribution in [0.5, 0.6) is 0 Å². The van der Waals surface area contributed by atoms with Gasteiger partial charge in [0.1, 0.15) is 5.76 Å². The maximum atomic E-state index is 12.4. The van der Waals surface area contributed by atoms with Crippen LogP contribution in [0.3, 0.4) is 0 Å². The van der Waals surface area contributed by atoms with Crippen LogP contribution in [0.15, 0.2) is 82.3 Å². The Labute approximate surface area is 203 Å². The van der Waals surface area contributed by atoms with E-state index in [0.29, 0.717) is 11.3 Å². The predicted octanol–water partition coefficient (Wildman–Crippen LogP) is 2.37. The van der Waals surface area contributed by atoms with E-state index in [1.54, 1.807) is 24.3 Å². The van der Waals surface area contributed by atoms with E-state index in [1.807, 2.05) is 23.1 Å². The maximum absolute atomic E-state index is 12.4. The lowest BCUT2D eigenvalue weighted by Gasteiger charge is -2.30. The number of nitrogens with zero attached hydrogens (tertiary/aromatic N) is 1. The number of hydrazine groups is 1. The molecule has 0 saturated carbocycles. The molecule has 0 aliphatic carbocycles. The summed E-state index contributed by atoms with van der Waals surface area (Å²) in [6.07, 6.45) is 6.22. The first kappa shape index (κ1) is 24.2. The third kappa shape index (κ3) is 6.58. The minimum Gasteiger partial charge on any atom is -0.468 e. The molecule has 1 aliphatic rings. The molecule has 0 unspecified atom stereocenters. The molecule has 35 heavy (non-hydrogen) atoms. The molecule has 0 radical (unpaired) electrons. The monoisotopic (exact) mass is 494 g/mol. The molecule has 3 N–H and O–H groups in total. The highest BCUT2D eigenvalue weighted by atomic mass is 32.2. The van der Waals surface area contributed by atoms with E-state index in [1.165, 1.54) is 36.1 Å². The van der Waals surface area contributed by atoms with Gasteiger partial charge >= 0.3 is 0 Å². The van der Waals surface area contributed by atoms with Gasteiger partial charge in [0.2, 0.25) is 10.0 Å². The van der Waals surface area contributed by atoms with Crippen molar-refractivity contribution in [2.24, 2.45) is 0 Å². The Bertz CT molecular complexity index is 1300. The minimum atomic E-state index is -3.70. The van der Waals surface area contributed by atoms with Crippen molar-refractivity contribution in [1.82, 2.24) is 15.6 Å². The molecule has 1 aromatic heterocycles. The Morgan fingerprint density at radius 1 is 1.00 bits per heavy atom. The number of carbonyl (C=O) groups excluding carboxylic acids is 2. The van der Waals surface area contributed by atoms with Crippen molar-refractivity contribution in [2.45, 2.75) is 24.3 Å². The summed E-state index contributed by atoms with van der Waals surface area (Å²) in [4.78, 5) is 26.5. The zero-order chi connectivity index (χ0) is 24.7. The molecule has 2 amide bonds. The summed E-state index contributed by atoms with van der Waals surface area (Å²) in [6.45, 7) is 0.973. The van der Waals surface area contributed by atoms with Crippen molar-refractivity contribution >= 4 is 33.6 Å². The minimum absolute atomic E-state index is 0.0488. The quantitative estimate of drug-likeness (QED) is 0.327. The van der Waals surface area contributed by atoms with Crippen molar-refractivity contribution < 1.29 is 22.4 Å². The Hall–Kier alpha value is -3.89. The van der Waals surface area contributed by atoms with Gasteiger partial charge in [-0.15, -0.1) is 0 Å². The van der Waals surface area contributed by atoms with E-state index in [9.17, 15) is 18.0 Å². The van der Waals surface area contributed by atoms with Gasteiger partial charge in [-0.1, -0.05) is 30.3 Å². The van der Waals surface area contributed by atoms with Crippen molar-refractivity contribution in [3.05, 3.63) is 89.9 Å². The van der Waals surface area contributed by atoms with Gasteiger partial charge in [0.05, 0.1) is 24.2 Å². The van der Waals surface area contributed by atoms with Gasteiger partial charge in [-0.05, 0) is 60.4 Å². The molecule has 10 heteroatoms. The van der Waals surface area contributed by atoms with Crippen molar-refractivity contribution in [1.29, 1.82) is 0 Å². The number of benzene rings is 2. The van der Waals surface area contributed by atoms with Gasteiger partial charge < -0.3 is 9.32 Å². The number of nitrogens with one attached hydrogen (secondary N) is 3. The predicted molar refractivity (Wildman–Crippen MR) is 131 cm³/mol. The third-order valence-electron chi connectivity index (χ3n) is 5.50. The first-order valence-corrected chi connectivity index (χ1v) is 12.6. The number of amides is 2. The fraction of sp³-hybridized carbons (Fsp3) is 0.200. The summed E-state index contributed by atoms with van der Waals surface area (Å²) in [5, 5.41) is 0. The molecule has 1 aliphatic heterocycles. The van der Waals surface area contributed by atoms with Crippen LogP contribution in [0, 0.1) is 0 Å². The van der Waals surface area contributed by atoms with E-state index in [-0.39, 0.29) is 23.9 Å². The van der Waals surface area contributed by atoms with Gasteiger partial charge in [-0.2, -0.15) is 0 Å². The van der Waals surface area contributed by atoms with Crippen LogP contribution < -0.4 is 20.5 Å². The molecule has 2 heterocycles. The zero-order valence-electron chi connectivity index (χ0n) is 18.9. The van der Waals surface area contributed by atoms with Gasteiger partial charge in [-0.3, -0.25) is 20.4 Å². The summed E-state index contributed by atoms with van der Waals surface area (Å²) < 4.78 is 32.4. The number of furan rings is 1. The normalized spacial score (nSPS) is 13.4. The fourth-order valence-corrected chi connectivity index (χ4v) is 4.75. The van der Waals surface area contributed by atoms with Crippen LogP contribution in [0.1, 0.15) is 23.3 Å². The van der Waals surface area contributed by atoms with Crippen LogP contribution in [0.4, 0.5) is 5.69 Å². The molecule has 0 saturated heterocycles. The molecule has 0 spiro atoms. The van der Waals surface area contributed by atoms with Crippen LogP contribution >= 0.6 is 0 Å². The Morgan fingerprint density at radius 3 is 2.57 bits per heavy atom. The Balaban J connectivity index is 1.25. The summed E-state index contributed by atoms with van der Waals surface area (Å²) in [5.41, 5.74) is 7.67. The second-order valence-corrected chi connectivity index (χ2v) is 9.76. The van der Waals surface area contributed by atoms with E-state index in [4.69, 9.17) is 4.42 Å². The van der Waals surface area contributed by atoms with Crippen molar-refractivity contribution in [3.8, 4) is 0 Å². The second-order valence-electron chi connectivity index (χ2n) is 8.00. The Kier molecular flexibility index (Phi) is 7.64. The van der Waals surface area contributed by atoms with Crippen molar-refractivity contribution in [3.63, 3.8) is 0 Å². The van der Waals surface area contributed by atoms with E-state index < -0.39 is 15.9 Å². The van der Waals surface area contributed by atoms with Crippen LogP contribution in [0.25, 0.3) is 6.08 Å². The molecular weight excluding hydrogens is 468 g/mol. The molecule has 182 valence electrons. The highest BCUT2D eigenvalue weighted by molar-refractivity contribution is 7.89. The molecule has 0 bridgehead atoms. The molecule has 0 fully saturated rings. The number of carbonyl (C=O) groups is 2. The van der Waals surface area contributed by atoms with E-state index in [2.05, 4.69) is 21.6 Å². The summed E-state index contributed by atoms with van der Waals surface area (Å²) in [5.74, 6) is -0.318. The second kappa shape index (κ2) is 11.0. The molecule has 9 nitrogen and oxygen atoms in total. The highest BCUT2D eigenvalue weighted by Crippen LogP contribution is 2.26. The lowest BCUT2D eigenvalue weighted by Crippen LogP contribution is -2.47. The van der Waals surface area contributed by atoms with E-state index in [0.717, 1.165) is 25.1 Å². The first-order valence-electron chi connectivity index (χ1n) is 11.1. The van der Waals surface area contributed by atoms with Crippen LogP contribution in [0.2, 0.25) is 0 Å². The number of fused-ring (bicyclic) bond motifs is 1. The number of hydrogen-bond acceptors (Lipinski definition) is 6. The SMILES string of the molecule is O=C(/C=C/c1ccc(S(=O)(=O)NCc2ccco2)cc1)NNC(=O)CN1CCCc2ccccc21. The third-order valence-corrected chi connectivity index (χ3v) is 6.92. The number of anilines is 1. The smallest absolute Gasteiger partial charge is 0.262 e. The Morgan fingerprint density at radius 2 is 1.80 bits per heavy atom. The molecule has 0 atom stereocenters. The summed E-state index contributed by atoms with van der Waals surface area (Å²) >= 11 is 0. The molecule has 2 aromatic carbocycles. The van der Waals surface area contributed by atoms with Gasteiger partial charge in [0.15, 0.2) is 0 Å². The standard InChI is InChI=1S/C25H26N4O5S/c30-24(27-28-25(31)18-29-15-3-6-20-5-1-2-8-23(20)29)14-11-19-9-12-22(13-10-19)35(32,33)26-17-21-7-4-16-34-21/h1-2,4-5,7-14,16,26H,3,6,15,17-18H2,(H,27,30)(H,28,31)/b14-11+. The van der Waals surface area contributed by atoms with Gasteiger partial charge in [0, 0.05) is 18.3 Å². The van der Waals surface area contributed by atoms with Gasteiger partial charge in [-0.25, -0.2) is 13.1 Å². The van der Waals surface area contributed by atoms with Crippen molar-refractivity contribution in [2.75, 3.05) is 18.0 Å². The van der Waals surface area contributed by atoms with Crippen LogP contribution in [-0.4, -0.2) is 33.3 Å². The number of para-hydroxylation sites is 1. The fourth-order valence-electron chi connectivity index (χ4n) is 3.75. The number of sulfonamides is 1. The maximum Gasteiger partial charge on any atom is 0.262 e. The number of aryl methyl sites for hydroxylation is 1. The van der Waals surface area contributed by atoms with Gasteiger partial charge in [0.25, 0.3) is 11.8 Å². The summed E-state index contributed by atoms with van der Waals surface area (Å²) in [6, 6.07) is 17.4. The average molecular weight is 495 g/mol.